The second kappa shape index (κ2) is 9.39. The highest BCUT2D eigenvalue weighted by atomic mass is 127. The summed E-state index contributed by atoms with van der Waals surface area (Å²) in [6.07, 6.45) is 1.55. The van der Waals surface area contributed by atoms with E-state index in [4.69, 9.17) is 0 Å². The summed E-state index contributed by atoms with van der Waals surface area (Å²) in [4.78, 5) is 8.76. The Morgan fingerprint density at radius 2 is 1.95 bits per heavy atom. The van der Waals surface area contributed by atoms with Crippen LogP contribution < -0.4 is 10.6 Å². The number of benzene rings is 1. The quantitative estimate of drug-likeness (QED) is 0.446. The first-order valence-electron chi connectivity index (χ1n) is 7.09. The first kappa shape index (κ1) is 18.4. The molecule has 0 aliphatic heterocycles. The van der Waals surface area contributed by atoms with E-state index in [2.05, 4.69) is 56.9 Å². The minimum Gasteiger partial charge on any atom is -0.357 e. The van der Waals surface area contributed by atoms with Crippen LogP contribution in [0, 0.1) is 6.92 Å². The molecule has 0 aliphatic carbocycles. The molecule has 1 heterocycles. The maximum absolute atomic E-state index is 4.58. The van der Waals surface area contributed by atoms with E-state index in [0.717, 1.165) is 18.3 Å². The van der Waals surface area contributed by atoms with Gasteiger partial charge in [-0.2, -0.15) is 5.10 Å². The van der Waals surface area contributed by atoms with Gasteiger partial charge < -0.3 is 10.6 Å². The maximum atomic E-state index is 4.58. The lowest BCUT2D eigenvalue weighted by molar-refractivity contribution is 0.673. The van der Waals surface area contributed by atoms with Crippen LogP contribution in [0.4, 0.5) is 0 Å². The fourth-order valence-electron chi connectivity index (χ4n) is 1.85. The summed E-state index contributed by atoms with van der Waals surface area (Å²) in [6.45, 7) is 6.19. The third kappa shape index (κ3) is 5.63. The van der Waals surface area contributed by atoms with E-state index in [9.17, 15) is 0 Å². The van der Waals surface area contributed by atoms with Crippen molar-refractivity contribution in [2.45, 2.75) is 26.9 Å². The molecule has 22 heavy (non-hydrogen) atoms. The van der Waals surface area contributed by atoms with Crippen molar-refractivity contribution in [1.29, 1.82) is 0 Å². The van der Waals surface area contributed by atoms with Gasteiger partial charge in [-0.25, -0.2) is 9.98 Å². The van der Waals surface area contributed by atoms with Crippen LogP contribution in [0.3, 0.4) is 0 Å². The summed E-state index contributed by atoms with van der Waals surface area (Å²) in [6, 6.07) is 8.41. The van der Waals surface area contributed by atoms with Crippen molar-refractivity contribution in [2.75, 3.05) is 6.54 Å². The standard InChI is InChI=1S/C15H22N6.HI/c1-4-16-15(18-10-14-19-11-20-21(14)3)17-9-13-7-5-12(2)6-8-13;/h5-8,11H,4,9-10H2,1-3H3,(H2,16,17,18);1H. The highest BCUT2D eigenvalue weighted by molar-refractivity contribution is 14.0. The van der Waals surface area contributed by atoms with E-state index >= 15 is 0 Å². The number of guanidine groups is 1. The summed E-state index contributed by atoms with van der Waals surface area (Å²) in [7, 11) is 1.88. The molecule has 1 aromatic carbocycles. The van der Waals surface area contributed by atoms with Gasteiger partial charge in [0, 0.05) is 13.6 Å². The molecule has 120 valence electrons. The predicted octanol–water partition coefficient (Wildman–Crippen LogP) is 2.00. The lowest BCUT2D eigenvalue weighted by Crippen LogP contribution is -2.37. The van der Waals surface area contributed by atoms with Gasteiger partial charge in [0.05, 0.1) is 13.1 Å². The third-order valence-corrected chi connectivity index (χ3v) is 3.10. The molecule has 2 aromatic rings. The molecule has 0 radical (unpaired) electrons. The molecule has 0 saturated heterocycles. The third-order valence-electron chi connectivity index (χ3n) is 3.10. The monoisotopic (exact) mass is 414 g/mol. The zero-order chi connectivity index (χ0) is 15.1. The highest BCUT2D eigenvalue weighted by Gasteiger charge is 2.02. The van der Waals surface area contributed by atoms with Crippen LogP contribution in [0.2, 0.25) is 0 Å². The molecule has 0 atom stereocenters. The van der Waals surface area contributed by atoms with Gasteiger partial charge in [0.1, 0.15) is 12.2 Å². The lowest BCUT2D eigenvalue weighted by atomic mass is 10.1. The summed E-state index contributed by atoms with van der Waals surface area (Å²) in [5.41, 5.74) is 2.45. The first-order valence-corrected chi connectivity index (χ1v) is 7.09. The van der Waals surface area contributed by atoms with Gasteiger partial charge in [-0.3, -0.25) is 4.68 Å². The van der Waals surface area contributed by atoms with Crippen LogP contribution in [-0.2, 0) is 20.1 Å². The van der Waals surface area contributed by atoms with Gasteiger partial charge in [-0.05, 0) is 19.4 Å². The molecule has 0 unspecified atom stereocenters. The predicted molar refractivity (Wildman–Crippen MR) is 99.3 cm³/mol. The summed E-state index contributed by atoms with van der Waals surface area (Å²) in [5, 5.41) is 10.5. The lowest BCUT2D eigenvalue weighted by Gasteiger charge is -2.10. The summed E-state index contributed by atoms with van der Waals surface area (Å²) >= 11 is 0. The average Bonchev–Trinajstić information content (AvgIpc) is 2.89. The van der Waals surface area contributed by atoms with Crippen LogP contribution in [-0.4, -0.2) is 27.3 Å². The number of nitrogens with zero attached hydrogens (tertiary/aromatic N) is 4. The average molecular weight is 414 g/mol. The largest absolute Gasteiger partial charge is 0.357 e. The normalized spacial score (nSPS) is 11.0. The van der Waals surface area contributed by atoms with E-state index in [0.29, 0.717) is 13.1 Å². The fraction of sp³-hybridized carbons (Fsp3) is 0.400. The molecule has 0 saturated carbocycles. The van der Waals surface area contributed by atoms with Crippen molar-refractivity contribution in [3.63, 3.8) is 0 Å². The Morgan fingerprint density at radius 1 is 1.23 bits per heavy atom. The molecule has 0 fully saturated rings. The van der Waals surface area contributed by atoms with Gasteiger partial charge >= 0.3 is 0 Å². The minimum absolute atomic E-state index is 0. The van der Waals surface area contributed by atoms with Gasteiger partial charge in [-0.15, -0.1) is 24.0 Å². The van der Waals surface area contributed by atoms with Crippen LogP contribution in [0.25, 0.3) is 0 Å². The molecule has 2 N–H and O–H groups in total. The van der Waals surface area contributed by atoms with Crippen LogP contribution >= 0.6 is 24.0 Å². The van der Waals surface area contributed by atoms with Gasteiger partial charge in [0.15, 0.2) is 5.96 Å². The number of halogens is 1. The Balaban J connectivity index is 0.00000242. The molecule has 1 aromatic heterocycles. The van der Waals surface area contributed by atoms with Crippen LogP contribution in [0.1, 0.15) is 23.9 Å². The second-order valence-corrected chi connectivity index (χ2v) is 4.83. The van der Waals surface area contributed by atoms with Crippen molar-refractivity contribution < 1.29 is 0 Å². The van der Waals surface area contributed by atoms with Crippen molar-refractivity contribution >= 4 is 29.9 Å². The molecule has 0 spiro atoms. The number of hydrogen-bond acceptors (Lipinski definition) is 3. The smallest absolute Gasteiger partial charge is 0.191 e. The summed E-state index contributed by atoms with van der Waals surface area (Å²) < 4.78 is 1.75. The van der Waals surface area contributed by atoms with Gasteiger partial charge in [-0.1, -0.05) is 29.8 Å². The van der Waals surface area contributed by atoms with Crippen molar-refractivity contribution in [3.05, 3.63) is 47.5 Å². The molecule has 6 nitrogen and oxygen atoms in total. The Morgan fingerprint density at radius 3 is 2.55 bits per heavy atom. The van der Waals surface area contributed by atoms with Gasteiger partial charge in [0.2, 0.25) is 0 Å². The molecule has 7 heteroatoms. The minimum atomic E-state index is 0. The van der Waals surface area contributed by atoms with E-state index in [1.54, 1.807) is 11.0 Å². The molecule has 0 bridgehead atoms. The molecular weight excluding hydrogens is 391 g/mol. The van der Waals surface area contributed by atoms with Crippen molar-refractivity contribution in [1.82, 2.24) is 25.4 Å². The first-order chi connectivity index (χ1) is 10.2. The van der Waals surface area contributed by atoms with E-state index in [-0.39, 0.29) is 24.0 Å². The number of aryl methyl sites for hydroxylation is 2. The van der Waals surface area contributed by atoms with Crippen LogP contribution in [0.15, 0.2) is 35.6 Å². The highest BCUT2D eigenvalue weighted by Crippen LogP contribution is 2.04. The Hall–Kier alpha value is -1.64. The number of aliphatic imine (C=N–C) groups is 1. The molecule has 2 rings (SSSR count). The number of nitrogens with one attached hydrogen (secondary N) is 2. The van der Waals surface area contributed by atoms with Crippen LogP contribution in [0.5, 0.6) is 0 Å². The summed E-state index contributed by atoms with van der Waals surface area (Å²) in [5.74, 6) is 1.65. The van der Waals surface area contributed by atoms with Crippen molar-refractivity contribution in [2.24, 2.45) is 12.0 Å². The Kier molecular flexibility index (Phi) is 7.86. The van der Waals surface area contributed by atoms with E-state index in [1.807, 2.05) is 14.0 Å². The maximum Gasteiger partial charge on any atom is 0.191 e. The fourth-order valence-corrected chi connectivity index (χ4v) is 1.85. The Labute approximate surface area is 148 Å². The topological polar surface area (TPSA) is 67.1 Å². The number of aromatic nitrogens is 3. The number of rotatable bonds is 5. The van der Waals surface area contributed by atoms with E-state index < -0.39 is 0 Å². The van der Waals surface area contributed by atoms with Gasteiger partial charge in [0.25, 0.3) is 0 Å². The zero-order valence-electron chi connectivity index (χ0n) is 13.2. The zero-order valence-corrected chi connectivity index (χ0v) is 15.5. The molecule has 0 amide bonds. The second-order valence-electron chi connectivity index (χ2n) is 4.83. The SMILES string of the molecule is CCNC(=NCc1ccc(C)cc1)NCc1ncnn1C.I. The molecule has 0 aliphatic rings. The molecular formula is C15H23IN6. The number of hydrogen-bond donors (Lipinski definition) is 2. The van der Waals surface area contributed by atoms with E-state index in [1.165, 1.54) is 11.1 Å². The van der Waals surface area contributed by atoms with Crippen molar-refractivity contribution in [3.8, 4) is 0 Å². The Bertz CT molecular complexity index is 590.